The van der Waals surface area contributed by atoms with Gasteiger partial charge >= 0.3 is 0 Å². The summed E-state index contributed by atoms with van der Waals surface area (Å²) >= 11 is 0. The molecule has 1 N–H and O–H groups in total. The number of aromatic amines is 1. The Morgan fingerprint density at radius 2 is 1.78 bits per heavy atom. The summed E-state index contributed by atoms with van der Waals surface area (Å²) in [5, 5.41) is 0.720. The standard InChI is InChI=1S/C26H33FN4O/c1-29(2)26(21-8-5-4-6-9-21)12-16-31(17-13-26)15-7-14-30(3)25(32)24-19-20-18-22(27)10-11-23(20)28-24/h4-6,8-11,18-19,28H,7,12-17H2,1-3H3. The van der Waals surface area contributed by atoms with Gasteiger partial charge in [-0.05, 0) is 69.7 Å². The largest absolute Gasteiger partial charge is 0.351 e. The lowest BCUT2D eigenvalue weighted by molar-refractivity contribution is 0.0518. The molecule has 6 heteroatoms. The number of fused-ring (bicyclic) bond motifs is 1. The minimum atomic E-state index is -0.295. The normalized spacial score (nSPS) is 16.5. The number of halogens is 1. The lowest BCUT2D eigenvalue weighted by Crippen LogP contribution is -2.50. The molecule has 0 unspecified atom stereocenters. The first-order valence-electron chi connectivity index (χ1n) is 11.4. The Labute approximate surface area is 189 Å². The number of nitrogens with one attached hydrogen (secondary N) is 1. The van der Waals surface area contributed by atoms with Crippen LogP contribution in [0.5, 0.6) is 0 Å². The lowest BCUT2D eigenvalue weighted by atomic mass is 9.80. The zero-order chi connectivity index (χ0) is 22.7. The number of H-pyrrole nitrogens is 1. The molecule has 0 saturated carbocycles. The summed E-state index contributed by atoms with van der Waals surface area (Å²) in [5.74, 6) is -0.355. The summed E-state index contributed by atoms with van der Waals surface area (Å²) < 4.78 is 13.4. The van der Waals surface area contributed by atoms with Crippen LogP contribution in [0.1, 0.15) is 35.3 Å². The SMILES string of the molecule is CN(CCCN1CCC(c2ccccc2)(N(C)C)CC1)C(=O)c1cc2cc(F)ccc2[nH]1. The highest BCUT2D eigenvalue weighted by atomic mass is 19.1. The van der Waals surface area contributed by atoms with E-state index in [-0.39, 0.29) is 17.3 Å². The smallest absolute Gasteiger partial charge is 0.270 e. The second kappa shape index (κ2) is 9.43. The van der Waals surface area contributed by atoms with Crippen LogP contribution in [0.4, 0.5) is 4.39 Å². The minimum Gasteiger partial charge on any atom is -0.351 e. The van der Waals surface area contributed by atoms with Crippen LogP contribution in [0.25, 0.3) is 10.9 Å². The number of nitrogens with zero attached hydrogens (tertiary/aromatic N) is 3. The molecule has 1 aromatic heterocycles. The van der Waals surface area contributed by atoms with Crippen LogP contribution in [-0.4, -0.2) is 72.9 Å². The van der Waals surface area contributed by atoms with Gasteiger partial charge < -0.3 is 14.8 Å². The molecule has 2 aromatic carbocycles. The Kier molecular flexibility index (Phi) is 6.63. The van der Waals surface area contributed by atoms with E-state index in [1.165, 1.54) is 17.7 Å². The molecule has 1 aliphatic heterocycles. The fraction of sp³-hybridized carbons (Fsp3) is 0.423. The number of amides is 1. The molecule has 0 bridgehead atoms. The minimum absolute atomic E-state index is 0.0593. The molecule has 5 nitrogen and oxygen atoms in total. The molecule has 0 aliphatic carbocycles. The molecule has 3 aromatic rings. The van der Waals surface area contributed by atoms with E-state index in [9.17, 15) is 9.18 Å². The molecule has 0 atom stereocenters. The van der Waals surface area contributed by atoms with Gasteiger partial charge in [0.25, 0.3) is 5.91 Å². The first kappa shape index (κ1) is 22.5. The first-order valence-corrected chi connectivity index (χ1v) is 11.4. The molecule has 2 heterocycles. The lowest BCUT2D eigenvalue weighted by Gasteiger charge is -2.46. The summed E-state index contributed by atoms with van der Waals surface area (Å²) in [4.78, 5) is 22.5. The van der Waals surface area contributed by atoms with E-state index in [1.807, 2.05) is 7.05 Å². The zero-order valence-electron chi connectivity index (χ0n) is 19.3. The van der Waals surface area contributed by atoms with E-state index in [0.717, 1.165) is 49.8 Å². The Bertz CT molecular complexity index is 1050. The number of aromatic nitrogens is 1. The zero-order valence-corrected chi connectivity index (χ0v) is 19.3. The van der Waals surface area contributed by atoms with Gasteiger partial charge in [0.05, 0.1) is 0 Å². The van der Waals surface area contributed by atoms with E-state index in [4.69, 9.17) is 0 Å². The van der Waals surface area contributed by atoms with E-state index in [2.05, 4.69) is 59.2 Å². The predicted octanol–water partition coefficient (Wildman–Crippen LogP) is 4.32. The monoisotopic (exact) mass is 436 g/mol. The number of likely N-dealkylation sites (tertiary alicyclic amines) is 1. The van der Waals surface area contributed by atoms with Gasteiger partial charge in [-0.3, -0.25) is 9.69 Å². The van der Waals surface area contributed by atoms with E-state index >= 15 is 0 Å². The van der Waals surface area contributed by atoms with Crippen molar-refractivity contribution in [1.29, 1.82) is 0 Å². The molecule has 1 saturated heterocycles. The van der Waals surface area contributed by atoms with Crippen molar-refractivity contribution in [1.82, 2.24) is 19.7 Å². The van der Waals surface area contributed by atoms with Crippen LogP contribution in [0, 0.1) is 5.82 Å². The second-order valence-electron chi connectivity index (χ2n) is 9.13. The Hall–Kier alpha value is -2.70. The van der Waals surface area contributed by atoms with Crippen LogP contribution < -0.4 is 0 Å². The maximum absolute atomic E-state index is 13.4. The van der Waals surface area contributed by atoms with Gasteiger partial charge in [0.1, 0.15) is 11.5 Å². The van der Waals surface area contributed by atoms with Crippen LogP contribution in [0.2, 0.25) is 0 Å². The summed E-state index contributed by atoms with van der Waals surface area (Å²) in [6.45, 7) is 3.78. The molecule has 32 heavy (non-hydrogen) atoms. The van der Waals surface area contributed by atoms with Gasteiger partial charge in [-0.2, -0.15) is 0 Å². The van der Waals surface area contributed by atoms with Crippen LogP contribution in [0.3, 0.4) is 0 Å². The van der Waals surface area contributed by atoms with E-state index in [0.29, 0.717) is 12.2 Å². The van der Waals surface area contributed by atoms with Crippen molar-refractivity contribution in [2.24, 2.45) is 0 Å². The van der Waals surface area contributed by atoms with E-state index < -0.39 is 0 Å². The molecular weight excluding hydrogens is 403 g/mol. The van der Waals surface area contributed by atoms with Gasteiger partial charge in [-0.25, -0.2) is 4.39 Å². The van der Waals surface area contributed by atoms with Gasteiger partial charge in [-0.15, -0.1) is 0 Å². The topological polar surface area (TPSA) is 42.6 Å². The summed E-state index contributed by atoms with van der Waals surface area (Å²) in [6.07, 6.45) is 3.13. The number of hydrogen-bond donors (Lipinski definition) is 1. The van der Waals surface area contributed by atoms with Crippen LogP contribution >= 0.6 is 0 Å². The maximum atomic E-state index is 13.4. The highest BCUT2D eigenvalue weighted by molar-refractivity contribution is 5.97. The third-order valence-electron chi connectivity index (χ3n) is 6.98. The average molecular weight is 437 g/mol. The van der Waals surface area contributed by atoms with Gasteiger partial charge in [0, 0.05) is 43.1 Å². The Morgan fingerprint density at radius 1 is 1.06 bits per heavy atom. The molecule has 0 radical (unpaired) electrons. The van der Waals surface area contributed by atoms with Crippen molar-refractivity contribution in [2.75, 3.05) is 47.3 Å². The Morgan fingerprint density at radius 3 is 2.47 bits per heavy atom. The molecule has 0 spiro atoms. The van der Waals surface area contributed by atoms with Crippen LogP contribution in [0.15, 0.2) is 54.6 Å². The third-order valence-corrected chi connectivity index (χ3v) is 6.98. The number of benzene rings is 2. The average Bonchev–Trinajstić information content (AvgIpc) is 3.22. The van der Waals surface area contributed by atoms with Gasteiger partial charge in [0.2, 0.25) is 0 Å². The highest BCUT2D eigenvalue weighted by Gasteiger charge is 2.37. The van der Waals surface area contributed by atoms with Crippen molar-refractivity contribution in [3.05, 3.63) is 71.7 Å². The summed E-state index contributed by atoms with van der Waals surface area (Å²) in [6, 6.07) is 17.1. The quantitative estimate of drug-likeness (QED) is 0.600. The molecule has 4 rings (SSSR count). The fourth-order valence-corrected chi connectivity index (χ4v) is 4.95. The van der Waals surface area contributed by atoms with Crippen molar-refractivity contribution in [3.8, 4) is 0 Å². The number of hydrogen-bond acceptors (Lipinski definition) is 3. The van der Waals surface area contributed by atoms with Crippen LogP contribution in [-0.2, 0) is 5.54 Å². The fourth-order valence-electron chi connectivity index (χ4n) is 4.95. The number of piperidine rings is 1. The molecule has 1 amide bonds. The Balaban J connectivity index is 1.29. The van der Waals surface area contributed by atoms with Crippen molar-refractivity contribution < 1.29 is 9.18 Å². The van der Waals surface area contributed by atoms with Crippen molar-refractivity contribution in [2.45, 2.75) is 24.8 Å². The van der Waals surface area contributed by atoms with Crippen molar-refractivity contribution >= 4 is 16.8 Å². The maximum Gasteiger partial charge on any atom is 0.270 e. The van der Waals surface area contributed by atoms with E-state index in [1.54, 1.807) is 17.0 Å². The summed E-state index contributed by atoms with van der Waals surface area (Å²) in [7, 11) is 6.19. The number of carbonyl (C=O) groups excluding carboxylic acids is 1. The number of carbonyl (C=O) groups is 1. The third kappa shape index (κ3) is 4.57. The molecule has 1 fully saturated rings. The highest BCUT2D eigenvalue weighted by Crippen LogP contribution is 2.37. The molecular formula is C26H33FN4O. The summed E-state index contributed by atoms with van der Waals surface area (Å²) in [5.41, 5.74) is 2.77. The van der Waals surface area contributed by atoms with Gasteiger partial charge in [0.15, 0.2) is 0 Å². The second-order valence-corrected chi connectivity index (χ2v) is 9.13. The van der Waals surface area contributed by atoms with Gasteiger partial charge in [-0.1, -0.05) is 30.3 Å². The predicted molar refractivity (Wildman–Crippen MR) is 127 cm³/mol. The number of rotatable bonds is 7. The first-order chi connectivity index (χ1) is 15.4. The molecule has 1 aliphatic rings. The van der Waals surface area contributed by atoms with Crippen molar-refractivity contribution in [3.63, 3.8) is 0 Å². The molecule has 170 valence electrons.